The van der Waals surface area contributed by atoms with Crippen molar-refractivity contribution < 1.29 is 19.0 Å². The molecule has 0 aliphatic carbocycles. The number of H-pyrrole nitrogens is 1. The number of hydrogen-bond acceptors (Lipinski definition) is 4. The normalized spacial score (nSPS) is 11.0. The smallest absolute Gasteiger partial charge is 0.251 e. The SMILES string of the molecule is O=C(NCCOCCO)c1ccc2[nH]nc(-c3cccc(F)c3)c2c1. The molecule has 0 bridgehead atoms. The fraction of sp³-hybridized carbons (Fsp3) is 0.222. The first-order chi connectivity index (χ1) is 12.2. The predicted octanol–water partition coefficient (Wildman–Crippen LogP) is 2.11. The molecule has 0 saturated heterocycles. The van der Waals surface area contributed by atoms with Crippen molar-refractivity contribution in [1.29, 1.82) is 0 Å². The third kappa shape index (κ3) is 4.01. The van der Waals surface area contributed by atoms with Gasteiger partial charge in [0.05, 0.1) is 25.3 Å². The molecular weight excluding hydrogens is 325 g/mol. The Hall–Kier alpha value is -2.77. The Labute approximate surface area is 143 Å². The molecule has 1 amide bonds. The number of amides is 1. The summed E-state index contributed by atoms with van der Waals surface area (Å²) in [6.45, 7) is 0.871. The first kappa shape index (κ1) is 17.1. The first-order valence-corrected chi connectivity index (χ1v) is 7.90. The van der Waals surface area contributed by atoms with Crippen LogP contribution in [0.2, 0.25) is 0 Å². The van der Waals surface area contributed by atoms with Gasteiger partial charge in [0.2, 0.25) is 0 Å². The number of aromatic nitrogens is 2. The van der Waals surface area contributed by atoms with Crippen LogP contribution < -0.4 is 5.32 Å². The number of aliphatic hydroxyl groups is 1. The van der Waals surface area contributed by atoms with E-state index >= 15 is 0 Å². The minimum absolute atomic E-state index is 0.0477. The first-order valence-electron chi connectivity index (χ1n) is 7.90. The van der Waals surface area contributed by atoms with Gasteiger partial charge in [0.25, 0.3) is 5.91 Å². The van der Waals surface area contributed by atoms with Gasteiger partial charge in [0.15, 0.2) is 0 Å². The summed E-state index contributed by atoms with van der Waals surface area (Å²) in [6, 6.07) is 11.3. The van der Waals surface area contributed by atoms with Gasteiger partial charge < -0.3 is 15.2 Å². The zero-order valence-corrected chi connectivity index (χ0v) is 13.5. The van der Waals surface area contributed by atoms with Crippen molar-refractivity contribution in [2.24, 2.45) is 0 Å². The summed E-state index contributed by atoms with van der Waals surface area (Å²) in [4.78, 5) is 12.2. The van der Waals surface area contributed by atoms with Crippen molar-refractivity contribution >= 4 is 16.8 Å². The molecule has 1 aromatic heterocycles. The predicted molar refractivity (Wildman–Crippen MR) is 91.7 cm³/mol. The molecule has 3 rings (SSSR count). The van der Waals surface area contributed by atoms with E-state index in [1.54, 1.807) is 30.3 Å². The molecule has 0 radical (unpaired) electrons. The number of aromatic amines is 1. The number of fused-ring (bicyclic) bond motifs is 1. The number of carbonyl (C=O) groups excluding carboxylic acids is 1. The number of nitrogens with zero attached hydrogens (tertiary/aromatic N) is 1. The number of ether oxygens (including phenoxy) is 1. The third-order valence-corrected chi connectivity index (χ3v) is 3.69. The molecule has 2 aromatic carbocycles. The molecule has 0 saturated carbocycles. The van der Waals surface area contributed by atoms with E-state index in [4.69, 9.17) is 9.84 Å². The molecule has 3 N–H and O–H groups in total. The molecule has 6 nitrogen and oxygen atoms in total. The number of halogens is 1. The molecule has 0 aliphatic heterocycles. The van der Waals surface area contributed by atoms with E-state index in [1.807, 2.05) is 0 Å². The van der Waals surface area contributed by atoms with Gasteiger partial charge >= 0.3 is 0 Å². The largest absolute Gasteiger partial charge is 0.394 e. The van der Waals surface area contributed by atoms with E-state index in [0.29, 0.717) is 30.0 Å². The van der Waals surface area contributed by atoms with Gasteiger partial charge in [0.1, 0.15) is 11.5 Å². The Morgan fingerprint density at radius 1 is 1.24 bits per heavy atom. The van der Waals surface area contributed by atoms with Crippen LogP contribution >= 0.6 is 0 Å². The minimum atomic E-state index is -0.342. The average Bonchev–Trinajstić information content (AvgIpc) is 3.04. The van der Waals surface area contributed by atoms with E-state index in [-0.39, 0.29) is 24.9 Å². The summed E-state index contributed by atoms with van der Waals surface area (Å²) < 4.78 is 18.6. The summed E-state index contributed by atoms with van der Waals surface area (Å²) in [6.07, 6.45) is 0. The monoisotopic (exact) mass is 343 g/mol. The van der Waals surface area contributed by atoms with E-state index in [0.717, 1.165) is 10.9 Å². The lowest BCUT2D eigenvalue weighted by Crippen LogP contribution is -2.27. The molecule has 1 heterocycles. The summed E-state index contributed by atoms with van der Waals surface area (Å²) in [7, 11) is 0. The second-order valence-corrected chi connectivity index (χ2v) is 5.43. The van der Waals surface area contributed by atoms with Crippen LogP contribution in [0.25, 0.3) is 22.2 Å². The lowest BCUT2D eigenvalue weighted by molar-refractivity contribution is 0.0838. The molecular formula is C18H18FN3O3. The highest BCUT2D eigenvalue weighted by Gasteiger charge is 2.12. The quantitative estimate of drug-likeness (QED) is 0.574. The molecule has 3 aromatic rings. The molecule has 0 spiro atoms. The van der Waals surface area contributed by atoms with Crippen molar-refractivity contribution in [3.8, 4) is 11.3 Å². The van der Waals surface area contributed by atoms with Gasteiger partial charge in [-0.25, -0.2) is 4.39 Å². The number of rotatable bonds is 7. The Bertz CT molecular complexity index is 879. The highest BCUT2D eigenvalue weighted by atomic mass is 19.1. The Morgan fingerprint density at radius 2 is 2.12 bits per heavy atom. The minimum Gasteiger partial charge on any atom is -0.394 e. The molecule has 0 atom stereocenters. The molecule has 0 aliphatic rings. The second kappa shape index (κ2) is 7.87. The maximum absolute atomic E-state index is 13.5. The summed E-state index contributed by atoms with van der Waals surface area (Å²) >= 11 is 0. The number of nitrogens with one attached hydrogen (secondary N) is 2. The molecule has 130 valence electrons. The van der Waals surface area contributed by atoms with Crippen molar-refractivity contribution in [3.05, 3.63) is 53.8 Å². The highest BCUT2D eigenvalue weighted by Crippen LogP contribution is 2.27. The number of aliphatic hydroxyl groups excluding tert-OH is 1. The topological polar surface area (TPSA) is 87.2 Å². The van der Waals surface area contributed by atoms with Crippen LogP contribution in [-0.2, 0) is 4.74 Å². The molecule has 0 unspecified atom stereocenters. The van der Waals surface area contributed by atoms with Crippen molar-refractivity contribution in [3.63, 3.8) is 0 Å². The Balaban J connectivity index is 1.79. The third-order valence-electron chi connectivity index (χ3n) is 3.69. The number of hydrogen-bond donors (Lipinski definition) is 3. The van der Waals surface area contributed by atoms with Crippen LogP contribution in [0, 0.1) is 5.82 Å². The average molecular weight is 343 g/mol. The zero-order chi connectivity index (χ0) is 17.6. The number of carbonyl (C=O) groups is 1. The summed E-state index contributed by atoms with van der Waals surface area (Å²) in [5.41, 5.74) is 2.48. The fourth-order valence-electron chi connectivity index (χ4n) is 2.52. The van der Waals surface area contributed by atoms with Crippen LogP contribution in [0.4, 0.5) is 4.39 Å². The zero-order valence-electron chi connectivity index (χ0n) is 13.5. The van der Waals surface area contributed by atoms with Crippen LogP contribution in [0.15, 0.2) is 42.5 Å². The Kier molecular flexibility index (Phi) is 5.37. The maximum Gasteiger partial charge on any atom is 0.251 e. The van der Waals surface area contributed by atoms with Gasteiger partial charge in [0, 0.05) is 23.1 Å². The van der Waals surface area contributed by atoms with Gasteiger partial charge in [-0.15, -0.1) is 0 Å². The van der Waals surface area contributed by atoms with Crippen LogP contribution in [0.5, 0.6) is 0 Å². The van der Waals surface area contributed by atoms with Crippen molar-refractivity contribution in [2.75, 3.05) is 26.4 Å². The van der Waals surface area contributed by atoms with Crippen LogP contribution in [0.1, 0.15) is 10.4 Å². The maximum atomic E-state index is 13.5. The van der Waals surface area contributed by atoms with E-state index in [1.165, 1.54) is 12.1 Å². The molecule has 7 heteroatoms. The van der Waals surface area contributed by atoms with Gasteiger partial charge in [-0.3, -0.25) is 9.89 Å². The van der Waals surface area contributed by atoms with Gasteiger partial charge in [-0.1, -0.05) is 12.1 Å². The van der Waals surface area contributed by atoms with Gasteiger partial charge in [-0.05, 0) is 30.3 Å². The standard InChI is InChI=1S/C18H18FN3O3/c19-14-3-1-2-12(10-14)17-15-11-13(4-5-16(15)21-22-17)18(24)20-6-8-25-9-7-23/h1-5,10-11,23H,6-9H2,(H,20,24)(H,21,22). The van der Waals surface area contributed by atoms with E-state index in [2.05, 4.69) is 15.5 Å². The van der Waals surface area contributed by atoms with Crippen LogP contribution in [-0.4, -0.2) is 47.6 Å². The lowest BCUT2D eigenvalue weighted by atomic mass is 10.1. The van der Waals surface area contributed by atoms with Crippen molar-refractivity contribution in [2.45, 2.75) is 0 Å². The lowest BCUT2D eigenvalue weighted by Gasteiger charge is -2.06. The highest BCUT2D eigenvalue weighted by molar-refractivity contribution is 6.01. The number of benzene rings is 2. The van der Waals surface area contributed by atoms with E-state index in [9.17, 15) is 9.18 Å². The fourth-order valence-corrected chi connectivity index (χ4v) is 2.52. The van der Waals surface area contributed by atoms with Gasteiger partial charge in [-0.2, -0.15) is 5.10 Å². The Morgan fingerprint density at radius 3 is 2.92 bits per heavy atom. The second-order valence-electron chi connectivity index (χ2n) is 5.43. The molecule has 25 heavy (non-hydrogen) atoms. The van der Waals surface area contributed by atoms with Crippen LogP contribution in [0.3, 0.4) is 0 Å². The summed E-state index contributed by atoms with van der Waals surface area (Å²) in [5, 5.41) is 19.2. The van der Waals surface area contributed by atoms with E-state index < -0.39 is 0 Å². The van der Waals surface area contributed by atoms with Crippen molar-refractivity contribution in [1.82, 2.24) is 15.5 Å². The summed E-state index contributed by atoms with van der Waals surface area (Å²) in [5.74, 6) is -0.577. The molecule has 0 fully saturated rings.